The lowest BCUT2D eigenvalue weighted by Gasteiger charge is -2.20. The maximum atomic E-state index is 13.0. The van der Waals surface area contributed by atoms with E-state index in [2.05, 4.69) is 0 Å². The van der Waals surface area contributed by atoms with Crippen LogP contribution in [0.25, 0.3) is 0 Å². The van der Waals surface area contributed by atoms with E-state index in [1.54, 1.807) is 25.1 Å². The molecule has 0 saturated carbocycles. The molecular weight excluding hydrogens is 350 g/mol. The van der Waals surface area contributed by atoms with E-state index in [9.17, 15) is 14.4 Å². The minimum atomic E-state index is -1.32. The third-order valence-corrected chi connectivity index (χ3v) is 4.53. The van der Waals surface area contributed by atoms with Crippen LogP contribution in [0.1, 0.15) is 29.1 Å². The van der Waals surface area contributed by atoms with Crippen molar-refractivity contribution in [3.8, 4) is 0 Å². The first-order valence-electron chi connectivity index (χ1n) is 8.66. The molecule has 2 heterocycles. The third-order valence-electron chi connectivity index (χ3n) is 4.53. The lowest BCUT2D eigenvalue weighted by molar-refractivity contribution is -0.156. The van der Waals surface area contributed by atoms with Crippen LogP contribution in [-0.2, 0) is 19.1 Å². The number of hydrogen-bond acceptors (Lipinski definition) is 7. The summed E-state index contributed by atoms with van der Waals surface area (Å²) in [6.07, 6.45) is 0.478. The van der Waals surface area contributed by atoms with E-state index in [-0.39, 0.29) is 12.4 Å². The van der Waals surface area contributed by atoms with Crippen LogP contribution in [0, 0.1) is 11.8 Å². The molecule has 142 valence electrons. The molecule has 3 rings (SSSR count). The zero-order valence-electron chi connectivity index (χ0n) is 15.4. The summed E-state index contributed by atoms with van der Waals surface area (Å²) in [5.41, 5.74) is 1.59. The molecule has 2 aromatic rings. The van der Waals surface area contributed by atoms with Gasteiger partial charge in [-0.25, -0.2) is 0 Å². The summed E-state index contributed by atoms with van der Waals surface area (Å²) in [7, 11) is 3.81. The summed E-state index contributed by atoms with van der Waals surface area (Å²) < 4.78 is 15.6. The predicted molar refractivity (Wildman–Crippen MR) is 96.3 cm³/mol. The van der Waals surface area contributed by atoms with Gasteiger partial charge >= 0.3 is 11.9 Å². The Bertz CT molecular complexity index is 825. The van der Waals surface area contributed by atoms with Crippen molar-refractivity contribution in [3.63, 3.8) is 0 Å². The van der Waals surface area contributed by atoms with Crippen LogP contribution in [0.5, 0.6) is 0 Å². The number of hydrogen-bond donors (Lipinski definition) is 0. The van der Waals surface area contributed by atoms with Gasteiger partial charge in [-0.2, -0.15) is 0 Å². The first-order chi connectivity index (χ1) is 12.9. The molecule has 1 aliphatic rings. The van der Waals surface area contributed by atoms with Crippen molar-refractivity contribution < 1.29 is 28.3 Å². The first-order valence-corrected chi connectivity index (χ1v) is 8.66. The average Bonchev–Trinajstić information content (AvgIpc) is 3.29. The predicted octanol–water partition coefficient (Wildman–Crippen LogP) is 2.62. The third kappa shape index (κ3) is 3.58. The molecule has 27 heavy (non-hydrogen) atoms. The van der Waals surface area contributed by atoms with Crippen molar-refractivity contribution >= 4 is 23.4 Å². The fourth-order valence-corrected chi connectivity index (χ4v) is 3.18. The molecule has 0 unspecified atom stereocenters. The summed E-state index contributed by atoms with van der Waals surface area (Å²) in [6.45, 7) is 1.74. The van der Waals surface area contributed by atoms with Gasteiger partial charge in [0.25, 0.3) is 0 Å². The van der Waals surface area contributed by atoms with E-state index in [1.165, 1.54) is 12.3 Å². The normalized spacial score (nSPS) is 21.6. The van der Waals surface area contributed by atoms with Crippen molar-refractivity contribution in [2.24, 2.45) is 11.8 Å². The van der Waals surface area contributed by atoms with Crippen molar-refractivity contribution in [2.75, 3.05) is 25.6 Å². The van der Waals surface area contributed by atoms with Gasteiger partial charge in [-0.15, -0.1) is 0 Å². The zero-order valence-corrected chi connectivity index (χ0v) is 15.4. The van der Waals surface area contributed by atoms with Crippen LogP contribution in [-0.4, -0.2) is 38.4 Å². The lowest BCUT2D eigenvalue weighted by Crippen LogP contribution is -2.33. The largest absolute Gasteiger partial charge is 0.465 e. The minimum absolute atomic E-state index is 0.0718. The van der Waals surface area contributed by atoms with Gasteiger partial charge in [0, 0.05) is 19.8 Å². The number of benzene rings is 1. The smallest absolute Gasteiger partial charge is 0.321 e. The number of nitrogens with zero attached hydrogens (tertiary/aromatic N) is 1. The Hall–Kier alpha value is -3.09. The number of esters is 2. The van der Waals surface area contributed by atoms with Crippen LogP contribution in [0.4, 0.5) is 5.69 Å². The van der Waals surface area contributed by atoms with Crippen molar-refractivity contribution in [1.29, 1.82) is 0 Å². The Labute approximate surface area is 156 Å². The second-order valence-corrected chi connectivity index (χ2v) is 6.44. The number of rotatable bonds is 6. The van der Waals surface area contributed by atoms with Gasteiger partial charge in [0.1, 0.15) is 6.10 Å². The fourth-order valence-electron chi connectivity index (χ4n) is 3.18. The van der Waals surface area contributed by atoms with E-state index in [4.69, 9.17) is 13.9 Å². The monoisotopic (exact) mass is 371 g/mol. The van der Waals surface area contributed by atoms with Gasteiger partial charge in [0.15, 0.2) is 11.7 Å². The Morgan fingerprint density at radius 1 is 1.15 bits per heavy atom. The van der Waals surface area contributed by atoms with Crippen molar-refractivity contribution in [2.45, 2.75) is 13.0 Å². The topological polar surface area (TPSA) is 86.1 Å². The molecule has 0 amide bonds. The number of furan rings is 1. The quantitative estimate of drug-likeness (QED) is 0.438. The molecule has 0 N–H and O–H groups in total. The Kier molecular flexibility index (Phi) is 5.30. The van der Waals surface area contributed by atoms with E-state index < -0.39 is 35.7 Å². The Morgan fingerprint density at radius 2 is 1.85 bits per heavy atom. The first kappa shape index (κ1) is 18.7. The van der Waals surface area contributed by atoms with E-state index in [0.29, 0.717) is 5.56 Å². The summed E-state index contributed by atoms with van der Waals surface area (Å²) in [5, 5.41) is 0. The van der Waals surface area contributed by atoms with E-state index in [1.807, 2.05) is 31.1 Å². The van der Waals surface area contributed by atoms with Crippen LogP contribution >= 0.6 is 0 Å². The van der Waals surface area contributed by atoms with Crippen LogP contribution in [0.15, 0.2) is 47.1 Å². The number of anilines is 1. The van der Waals surface area contributed by atoms with E-state index in [0.717, 1.165) is 5.69 Å². The Morgan fingerprint density at radius 3 is 2.41 bits per heavy atom. The van der Waals surface area contributed by atoms with Gasteiger partial charge < -0.3 is 18.8 Å². The van der Waals surface area contributed by atoms with Crippen LogP contribution < -0.4 is 4.90 Å². The van der Waals surface area contributed by atoms with Gasteiger partial charge in [0.2, 0.25) is 5.78 Å². The Balaban J connectivity index is 1.99. The molecule has 7 nitrogen and oxygen atoms in total. The number of carbonyl (C=O) groups excluding carboxylic acids is 3. The molecular formula is C20H21NO6. The number of Topliss-reactive ketones (excluding diaryl/α,β-unsaturated/α-hetero) is 1. The zero-order chi connectivity index (χ0) is 19.6. The van der Waals surface area contributed by atoms with Crippen LogP contribution in [0.2, 0.25) is 0 Å². The molecule has 3 atom stereocenters. The molecule has 0 spiro atoms. The highest BCUT2D eigenvalue weighted by atomic mass is 16.6. The molecule has 1 saturated heterocycles. The second-order valence-electron chi connectivity index (χ2n) is 6.44. The van der Waals surface area contributed by atoms with Gasteiger partial charge in [-0.05, 0) is 36.8 Å². The molecule has 1 aromatic heterocycles. The highest BCUT2D eigenvalue weighted by Crippen LogP contribution is 2.42. The maximum Gasteiger partial charge on any atom is 0.321 e. The standard InChI is InChI=1S/C20H21NO6/c1-4-25-19(23)16-15(17(22)14-6-5-11-26-14)18(27-20(16)24)12-7-9-13(10-8-12)21(2)3/h5-11,15-16,18H,4H2,1-3H3/t15-,16-,18+/m1/s1. The van der Waals surface area contributed by atoms with Gasteiger partial charge in [-0.1, -0.05) is 12.1 Å². The fraction of sp³-hybridized carbons (Fsp3) is 0.350. The highest BCUT2D eigenvalue weighted by Gasteiger charge is 2.54. The van der Waals surface area contributed by atoms with Crippen LogP contribution in [0.3, 0.4) is 0 Å². The molecule has 0 radical (unpaired) electrons. The second kappa shape index (κ2) is 7.65. The minimum Gasteiger partial charge on any atom is -0.465 e. The van der Waals surface area contributed by atoms with E-state index >= 15 is 0 Å². The average molecular weight is 371 g/mol. The molecule has 1 aliphatic heterocycles. The summed E-state index contributed by atoms with van der Waals surface area (Å²) in [6, 6.07) is 10.3. The van der Waals surface area contributed by atoms with Gasteiger partial charge in [0.05, 0.1) is 18.8 Å². The summed E-state index contributed by atoms with van der Waals surface area (Å²) in [4.78, 5) is 39.7. The summed E-state index contributed by atoms with van der Waals surface area (Å²) in [5.74, 6) is -4.29. The highest BCUT2D eigenvalue weighted by molar-refractivity contribution is 6.07. The maximum absolute atomic E-state index is 13.0. The number of ketones is 1. The molecule has 1 fully saturated rings. The molecule has 0 aliphatic carbocycles. The van der Waals surface area contributed by atoms with Crippen molar-refractivity contribution in [3.05, 3.63) is 54.0 Å². The number of ether oxygens (including phenoxy) is 2. The lowest BCUT2D eigenvalue weighted by atomic mass is 9.83. The number of carbonyl (C=O) groups is 3. The molecule has 7 heteroatoms. The summed E-state index contributed by atoms with van der Waals surface area (Å²) >= 11 is 0. The van der Waals surface area contributed by atoms with Gasteiger partial charge in [-0.3, -0.25) is 14.4 Å². The molecule has 0 bridgehead atoms. The SMILES string of the molecule is CCOC(=O)[C@@H]1C(=O)O[C@@H](c2ccc(N(C)C)cc2)[C@H]1C(=O)c1ccco1. The van der Waals surface area contributed by atoms with Crippen molar-refractivity contribution in [1.82, 2.24) is 0 Å². The molecule has 1 aromatic carbocycles. The number of cyclic esters (lactones) is 1.